The Hall–Kier alpha value is -5.12. The largest absolute Gasteiger partial charge is 0.494 e. The molecule has 0 saturated heterocycles. The average molecular weight is 699 g/mol. The second kappa shape index (κ2) is 19.3. The van der Waals surface area contributed by atoms with E-state index in [4.69, 9.17) is 18.9 Å². The van der Waals surface area contributed by atoms with Gasteiger partial charge in [0, 0.05) is 32.6 Å². The van der Waals surface area contributed by atoms with E-state index in [1.165, 1.54) is 11.6 Å². The molecule has 10 nitrogen and oxygen atoms in total. The Morgan fingerprint density at radius 2 is 1.47 bits per heavy atom. The van der Waals surface area contributed by atoms with Gasteiger partial charge in [-0.05, 0) is 79.6 Å². The maximum absolute atomic E-state index is 13.1. The molecule has 0 amide bonds. The summed E-state index contributed by atoms with van der Waals surface area (Å²) in [7, 11) is 3.11. The number of aromatic nitrogens is 2. The van der Waals surface area contributed by atoms with Crippen molar-refractivity contribution in [3.8, 4) is 33.8 Å². The van der Waals surface area contributed by atoms with Crippen LogP contribution >= 0.6 is 0 Å². The molecule has 0 bridgehead atoms. The van der Waals surface area contributed by atoms with Crippen molar-refractivity contribution < 1.29 is 28.5 Å². The Morgan fingerprint density at radius 1 is 0.784 bits per heavy atom. The van der Waals surface area contributed by atoms with Gasteiger partial charge in [0.25, 0.3) is 5.56 Å². The number of rotatable bonds is 19. The molecule has 0 aliphatic heterocycles. The number of carbonyl (C=O) groups excluding carboxylic acids is 2. The van der Waals surface area contributed by atoms with Crippen LogP contribution in [0.3, 0.4) is 0 Å². The average Bonchev–Trinajstić information content (AvgIpc) is 3.13. The minimum Gasteiger partial charge on any atom is -0.494 e. The number of carbonyl (C=O) groups is 2. The summed E-state index contributed by atoms with van der Waals surface area (Å²) in [5.74, 6) is 0.453. The van der Waals surface area contributed by atoms with Crippen LogP contribution in [0.1, 0.15) is 64.9 Å². The maximum Gasteiger partial charge on any atom is 0.347 e. The molecular formula is C41H50N2O8. The van der Waals surface area contributed by atoms with Crippen LogP contribution in [0.2, 0.25) is 0 Å². The van der Waals surface area contributed by atoms with Crippen LogP contribution < -0.4 is 20.7 Å². The molecule has 2 unspecified atom stereocenters. The summed E-state index contributed by atoms with van der Waals surface area (Å²) >= 11 is 0. The number of aryl methyl sites for hydroxylation is 2. The Bertz CT molecular complexity index is 1860. The number of unbranched alkanes of at least 4 members (excludes halogenated alkanes) is 3. The van der Waals surface area contributed by atoms with Crippen molar-refractivity contribution in [2.24, 2.45) is 20.0 Å². The molecule has 0 saturated carbocycles. The molecule has 1 aromatic heterocycles. The predicted molar refractivity (Wildman–Crippen MR) is 198 cm³/mol. The predicted octanol–water partition coefficient (Wildman–Crippen LogP) is 6.89. The van der Waals surface area contributed by atoms with E-state index >= 15 is 0 Å². The molecule has 2 atom stereocenters. The Labute approximate surface area is 299 Å². The SMILES string of the molecule is CCOC(=O)CCc1ccccc1OC(C(=O)OCC)C(C)CCCCCCOc1cc(-c2ccccc2)cc(-c2cn(C)c(=O)n(C)c2=O)c1. The highest BCUT2D eigenvalue weighted by molar-refractivity contribution is 5.76. The third-order valence-corrected chi connectivity index (χ3v) is 8.76. The minimum absolute atomic E-state index is 0.0947. The quantitative estimate of drug-likeness (QED) is 0.0769. The lowest BCUT2D eigenvalue weighted by atomic mass is 9.96. The molecule has 4 rings (SSSR count). The molecular weight excluding hydrogens is 648 g/mol. The van der Waals surface area contributed by atoms with E-state index in [0.717, 1.165) is 53.4 Å². The van der Waals surface area contributed by atoms with E-state index in [2.05, 4.69) is 0 Å². The van der Waals surface area contributed by atoms with Crippen LogP contribution in [0.25, 0.3) is 22.3 Å². The van der Waals surface area contributed by atoms with Crippen LogP contribution in [0.5, 0.6) is 11.5 Å². The fourth-order valence-electron chi connectivity index (χ4n) is 5.96. The number of benzene rings is 3. The number of para-hydroxylation sites is 1. The molecule has 272 valence electrons. The molecule has 10 heteroatoms. The van der Waals surface area contributed by atoms with Crippen molar-refractivity contribution >= 4 is 11.9 Å². The van der Waals surface area contributed by atoms with Gasteiger partial charge >= 0.3 is 17.6 Å². The van der Waals surface area contributed by atoms with Crippen LogP contribution in [-0.2, 0) is 39.6 Å². The van der Waals surface area contributed by atoms with Crippen molar-refractivity contribution in [3.63, 3.8) is 0 Å². The van der Waals surface area contributed by atoms with E-state index in [1.807, 2.05) is 79.7 Å². The summed E-state index contributed by atoms with van der Waals surface area (Å²) < 4.78 is 25.5. The highest BCUT2D eigenvalue weighted by Crippen LogP contribution is 2.31. The number of ether oxygens (including phenoxy) is 4. The molecule has 4 aromatic rings. The lowest BCUT2D eigenvalue weighted by Gasteiger charge is -2.25. The van der Waals surface area contributed by atoms with Gasteiger partial charge in [-0.2, -0.15) is 0 Å². The lowest BCUT2D eigenvalue weighted by molar-refractivity contribution is -0.154. The molecule has 0 N–H and O–H groups in total. The molecule has 1 heterocycles. The summed E-state index contributed by atoms with van der Waals surface area (Å²) in [6.07, 6.45) is 5.85. The Balaban J connectivity index is 1.34. The minimum atomic E-state index is -0.771. The molecule has 0 spiro atoms. The van der Waals surface area contributed by atoms with Crippen LogP contribution in [0.15, 0.2) is 88.6 Å². The zero-order chi connectivity index (χ0) is 36.8. The van der Waals surface area contributed by atoms with Gasteiger partial charge in [0.2, 0.25) is 0 Å². The van der Waals surface area contributed by atoms with Gasteiger partial charge in [-0.25, -0.2) is 9.59 Å². The second-order valence-electron chi connectivity index (χ2n) is 12.6. The van der Waals surface area contributed by atoms with Gasteiger partial charge < -0.3 is 23.5 Å². The molecule has 0 radical (unpaired) electrons. The van der Waals surface area contributed by atoms with Gasteiger partial charge in [-0.15, -0.1) is 0 Å². The monoisotopic (exact) mass is 698 g/mol. The van der Waals surface area contributed by atoms with Crippen molar-refractivity contribution in [1.29, 1.82) is 0 Å². The van der Waals surface area contributed by atoms with E-state index < -0.39 is 12.1 Å². The van der Waals surface area contributed by atoms with E-state index in [-0.39, 0.29) is 36.2 Å². The first-order chi connectivity index (χ1) is 24.6. The second-order valence-corrected chi connectivity index (χ2v) is 12.6. The first-order valence-corrected chi connectivity index (χ1v) is 17.8. The molecule has 0 aliphatic rings. The smallest absolute Gasteiger partial charge is 0.347 e. The topological polar surface area (TPSA) is 115 Å². The first-order valence-electron chi connectivity index (χ1n) is 17.8. The Morgan fingerprint density at radius 3 is 2.22 bits per heavy atom. The zero-order valence-electron chi connectivity index (χ0n) is 30.4. The normalized spacial score (nSPS) is 12.2. The van der Waals surface area contributed by atoms with Gasteiger partial charge in [-0.3, -0.25) is 14.2 Å². The highest BCUT2D eigenvalue weighted by Gasteiger charge is 2.29. The first kappa shape index (κ1) is 38.7. The zero-order valence-corrected chi connectivity index (χ0v) is 30.4. The van der Waals surface area contributed by atoms with Gasteiger partial charge in [0.05, 0.1) is 25.4 Å². The highest BCUT2D eigenvalue weighted by atomic mass is 16.6. The summed E-state index contributed by atoms with van der Waals surface area (Å²) in [4.78, 5) is 50.3. The molecule has 0 aliphatic carbocycles. The third-order valence-electron chi connectivity index (χ3n) is 8.76. The number of esters is 2. The molecule has 51 heavy (non-hydrogen) atoms. The standard InChI is InChI=1S/C41H50N2O8/c1-6-48-37(44)23-22-31-20-14-15-21-36(31)51-38(40(46)49-7-2)29(3)17-11-8-9-16-24-50-34-26-32(30-18-12-10-13-19-30)25-33(27-34)35-28-42(4)41(47)43(5)39(35)45/h10,12-15,18-21,25-29,38H,6-9,11,16-17,22-24H2,1-5H3. The van der Waals surface area contributed by atoms with Crippen LogP contribution in [-0.4, -0.2) is 47.0 Å². The van der Waals surface area contributed by atoms with Crippen molar-refractivity contribution in [2.75, 3.05) is 19.8 Å². The summed E-state index contributed by atoms with van der Waals surface area (Å²) in [6, 6.07) is 23.1. The van der Waals surface area contributed by atoms with Crippen LogP contribution in [0, 0.1) is 5.92 Å². The van der Waals surface area contributed by atoms with Crippen LogP contribution in [0.4, 0.5) is 0 Å². The molecule has 3 aromatic carbocycles. The number of hydrogen-bond donors (Lipinski definition) is 0. The summed E-state index contributed by atoms with van der Waals surface area (Å²) in [5.41, 5.74) is 3.09. The maximum atomic E-state index is 13.1. The fraction of sp³-hybridized carbons (Fsp3) is 0.415. The number of nitrogens with zero attached hydrogens (tertiary/aromatic N) is 2. The summed E-state index contributed by atoms with van der Waals surface area (Å²) in [5, 5.41) is 0. The lowest BCUT2D eigenvalue weighted by Crippen LogP contribution is -2.37. The van der Waals surface area contributed by atoms with Crippen molar-refractivity contribution in [3.05, 3.63) is 105 Å². The van der Waals surface area contributed by atoms with Crippen molar-refractivity contribution in [1.82, 2.24) is 9.13 Å². The number of hydrogen-bond acceptors (Lipinski definition) is 8. The van der Waals surface area contributed by atoms with Gasteiger partial charge in [0.1, 0.15) is 11.5 Å². The fourth-order valence-corrected chi connectivity index (χ4v) is 5.96. The van der Waals surface area contributed by atoms with Crippen molar-refractivity contribution in [2.45, 2.75) is 71.8 Å². The third kappa shape index (κ3) is 10.9. The van der Waals surface area contributed by atoms with Gasteiger partial charge in [0.15, 0.2) is 6.10 Å². The Kier molecular flexibility index (Phi) is 14.7. The molecule has 0 fully saturated rings. The van der Waals surface area contributed by atoms with Gasteiger partial charge in [-0.1, -0.05) is 74.7 Å². The van der Waals surface area contributed by atoms with E-state index in [1.54, 1.807) is 27.1 Å². The van der Waals surface area contributed by atoms with E-state index in [0.29, 0.717) is 42.3 Å². The van der Waals surface area contributed by atoms with E-state index in [9.17, 15) is 19.2 Å². The summed E-state index contributed by atoms with van der Waals surface area (Å²) in [6.45, 7) is 6.64.